The van der Waals surface area contributed by atoms with E-state index < -0.39 is 11.5 Å². The molecule has 1 heterocycles. The standard InChI is InChI=1S/C14H13N3O2/c1-14(2,13(18)19)17-12-7-9(8-15)10-5-3-4-6-11(10)16-12/h3-7H,1-2H3,(H,16,17)(H,18,19). The van der Waals surface area contributed by atoms with Crippen LogP contribution in [0.15, 0.2) is 30.3 Å². The molecular weight excluding hydrogens is 242 g/mol. The molecule has 5 nitrogen and oxygen atoms in total. The van der Waals surface area contributed by atoms with Crippen LogP contribution in [0.5, 0.6) is 0 Å². The Labute approximate surface area is 110 Å². The lowest BCUT2D eigenvalue weighted by Crippen LogP contribution is -2.40. The minimum absolute atomic E-state index is 0.377. The summed E-state index contributed by atoms with van der Waals surface area (Å²) in [5.41, 5.74) is -0.0260. The summed E-state index contributed by atoms with van der Waals surface area (Å²) >= 11 is 0. The van der Waals surface area contributed by atoms with Crippen LogP contribution in [0.1, 0.15) is 19.4 Å². The molecule has 1 aromatic carbocycles. The first-order valence-corrected chi connectivity index (χ1v) is 5.75. The third kappa shape index (κ3) is 2.47. The Balaban J connectivity index is 2.52. The Morgan fingerprint density at radius 3 is 2.74 bits per heavy atom. The van der Waals surface area contributed by atoms with E-state index >= 15 is 0 Å². The highest BCUT2D eigenvalue weighted by Gasteiger charge is 2.27. The SMILES string of the molecule is CC(C)(Nc1cc(C#N)c2ccccc2n1)C(=O)O. The zero-order valence-electron chi connectivity index (χ0n) is 10.6. The molecular formula is C14H13N3O2. The minimum atomic E-state index is -1.15. The molecule has 0 saturated carbocycles. The number of anilines is 1. The first kappa shape index (κ1) is 12.8. The summed E-state index contributed by atoms with van der Waals surface area (Å²) in [7, 11) is 0. The van der Waals surface area contributed by atoms with Crippen LogP contribution in [0.3, 0.4) is 0 Å². The van der Waals surface area contributed by atoms with Crippen LogP contribution in [-0.4, -0.2) is 21.6 Å². The fraction of sp³-hybridized carbons (Fsp3) is 0.214. The molecule has 0 saturated heterocycles. The molecule has 0 aliphatic heterocycles. The van der Waals surface area contributed by atoms with Crippen LogP contribution in [0.25, 0.3) is 10.9 Å². The van der Waals surface area contributed by atoms with Gasteiger partial charge in [0, 0.05) is 5.39 Å². The highest BCUT2D eigenvalue weighted by atomic mass is 16.4. The molecule has 0 radical (unpaired) electrons. The summed E-state index contributed by atoms with van der Waals surface area (Å²) in [6.07, 6.45) is 0. The monoisotopic (exact) mass is 255 g/mol. The van der Waals surface area contributed by atoms with Gasteiger partial charge in [-0.05, 0) is 26.0 Å². The van der Waals surface area contributed by atoms with Crippen molar-refractivity contribution in [2.45, 2.75) is 19.4 Å². The van der Waals surface area contributed by atoms with Crippen LogP contribution in [0.4, 0.5) is 5.82 Å². The molecule has 0 aliphatic rings. The largest absolute Gasteiger partial charge is 0.480 e. The number of carboxylic acids is 1. The van der Waals surface area contributed by atoms with Crippen molar-refractivity contribution in [3.63, 3.8) is 0 Å². The second-order valence-corrected chi connectivity index (χ2v) is 4.74. The van der Waals surface area contributed by atoms with Gasteiger partial charge in [-0.1, -0.05) is 18.2 Å². The summed E-state index contributed by atoms with van der Waals surface area (Å²) in [6.45, 7) is 3.08. The topological polar surface area (TPSA) is 86.0 Å². The van der Waals surface area contributed by atoms with E-state index in [1.807, 2.05) is 18.2 Å². The van der Waals surface area contributed by atoms with Gasteiger partial charge in [-0.25, -0.2) is 9.78 Å². The fourth-order valence-electron chi connectivity index (χ4n) is 1.71. The van der Waals surface area contributed by atoms with Gasteiger partial charge in [-0.2, -0.15) is 5.26 Å². The van der Waals surface area contributed by atoms with E-state index in [-0.39, 0.29) is 0 Å². The quantitative estimate of drug-likeness (QED) is 0.879. The average molecular weight is 255 g/mol. The number of carbonyl (C=O) groups is 1. The molecule has 2 rings (SSSR count). The number of carboxylic acid groups (broad SMARTS) is 1. The smallest absolute Gasteiger partial charge is 0.328 e. The van der Waals surface area contributed by atoms with Crippen molar-refractivity contribution in [1.29, 1.82) is 5.26 Å². The number of nitriles is 1. The Hall–Kier alpha value is -2.61. The molecule has 1 aromatic heterocycles. The van der Waals surface area contributed by atoms with Crippen molar-refractivity contribution in [3.05, 3.63) is 35.9 Å². The van der Waals surface area contributed by atoms with Gasteiger partial charge in [-0.15, -0.1) is 0 Å². The Morgan fingerprint density at radius 1 is 1.42 bits per heavy atom. The summed E-state index contributed by atoms with van der Waals surface area (Å²) in [5.74, 6) is -0.608. The molecule has 0 bridgehead atoms. The summed E-state index contributed by atoms with van der Waals surface area (Å²) in [4.78, 5) is 15.4. The predicted octanol–water partition coefficient (Wildman–Crippen LogP) is 2.38. The van der Waals surface area contributed by atoms with E-state index in [0.717, 1.165) is 5.39 Å². The van der Waals surface area contributed by atoms with Gasteiger partial charge in [0.2, 0.25) is 0 Å². The third-order valence-electron chi connectivity index (χ3n) is 2.81. The number of rotatable bonds is 3. The number of nitrogens with zero attached hydrogens (tertiary/aromatic N) is 2. The molecule has 2 N–H and O–H groups in total. The van der Waals surface area contributed by atoms with E-state index in [4.69, 9.17) is 10.4 Å². The van der Waals surface area contributed by atoms with Gasteiger partial charge >= 0.3 is 5.97 Å². The lowest BCUT2D eigenvalue weighted by atomic mass is 10.1. The van der Waals surface area contributed by atoms with Crippen molar-refractivity contribution >= 4 is 22.7 Å². The molecule has 96 valence electrons. The minimum Gasteiger partial charge on any atom is -0.480 e. The van der Waals surface area contributed by atoms with Crippen LogP contribution in [0.2, 0.25) is 0 Å². The van der Waals surface area contributed by atoms with Gasteiger partial charge in [0.15, 0.2) is 0 Å². The van der Waals surface area contributed by atoms with Crippen molar-refractivity contribution in [3.8, 4) is 6.07 Å². The first-order valence-electron chi connectivity index (χ1n) is 5.75. The maximum Gasteiger partial charge on any atom is 0.328 e. The number of aliphatic carboxylic acids is 1. The molecule has 0 atom stereocenters. The van der Waals surface area contributed by atoms with Crippen LogP contribution in [-0.2, 0) is 4.79 Å². The van der Waals surface area contributed by atoms with Gasteiger partial charge in [0.25, 0.3) is 0 Å². The number of nitrogens with one attached hydrogen (secondary N) is 1. The van der Waals surface area contributed by atoms with Crippen LogP contribution < -0.4 is 5.32 Å². The third-order valence-corrected chi connectivity index (χ3v) is 2.81. The number of pyridine rings is 1. The Kier molecular flexibility index (Phi) is 3.09. The second kappa shape index (κ2) is 4.58. The first-order chi connectivity index (χ1) is 8.94. The number of para-hydroxylation sites is 1. The molecule has 2 aromatic rings. The van der Waals surface area contributed by atoms with Gasteiger partial charge in [0.05, 0.1) is 17.1 Å². The van der Waals surface area contributed by atoms with Crippen molar-refractivity contribution < 1.29 is 9.90 Å². The van der Waals surface area contributed by atoms with E-state index in [9.17, 15) is 4.79 Å². The summed E-state index contributed by atoms with van der Waals surface area (Å²) < 4.78 is 0. The number of fused-ring (bicyclic) bond motifs is 1. The molecule has 0 unspecified atom stereocenters. The maximum absolute atomic E-state index is 11.1. The Morgan fingerprint density at radius 2 is 2.11 bits per heavy atom. The lowest BCUT2D eigenvalue weighted by molar-refractivity contribution is -0.141. The molecule has 19 heavy (non-hydrogen) atoms. The highest BCUT2D eigenvalue weighted by Crippen LogP contribution is 2.22. The number of hydrogen-bond donors (Lipinski definition) is 2. The highest BCUT2D eigenvalue weighted by molar-refractivity contribution is 5.87. The summed E-state index contributed by atoms with van der Waals surface area (Å²) in [6, 6.07) is 10.9. The normalized spacial score (nSPS) is 11.0. The maximum atomic E-state index is 11.1. The van der Waals surface area contributed by atoms with E-state index in [1.165, 1.54) is 13.8 Å². The molecule has 0 amide bonds. The summed E-state index contributed by atoms with van der Waals surface area (Å²) in [5, 5.41) is 21.8. The predicted molar refractivity (Wildman–Crippen MR) is 71.8 cm³/mol. The molecule has 0 aliphatic carbocycles. The molecule has 5 heteroatoms. The number of benzene rings is 1. The van der Waals surface area contributed by atoms with E-state index in [1.54, 1.807) is 12.1 Å². The molecule has 0 fully saturated rings. The molecule has 0 spiro atoms. The second-order valence-electron chi connectivity index (χ2n) is 4.74. The van der Waals surface area contributed by atoms with Crippen LogP contribution in [0, 0.1) is 11.3 Å². The van der Waals surface area contributed by atoms with Gasteiger partial charge in [-0.3, -0.25) is 0 Å². The van der Waals surface area contributed by atoms with Gasteiger partial charge in [0.1, 0.15) is 11.4 Å². The van der Waals surface area contributed by atoms with E-state index in [0.29, 0.717) is 16.9 Å². The Bertz CT molecular complexity index is 687. The van der Waals surface area contributed by atoms with E-state index in [2.05, 4.69) is 16.4 Å². The number of hydrogen-bond acceptors (Lipinski definition) is 4. The lowest BCUT2D eigenvalue weighted by Gasteiger charge is -2.22. The number of aromatic nitrogens is 1. The van der Waals surface area contributed by atoms with Crippen molar-refractivity contribution in [2.24, 2.45) is 0 Å². The van der Waals surface area contributed by atoms with Crippen molar-refractivity contribution in [2.75, 3.05) is 5.32 Å². The van der Waals surface area contributed by atoms with Crippen LogP contribution >= 0.6 is 0 Å². The average Bonchev–Trinajstić information content (AvgIpc) is 2.37. The fourth-order valence-corrected chi connectivity index (χ4v) is 1.71. The zero-order chi connectivity index (χ0) is 14.0. The zero-order valence-corrected chi connectivity index (χ0v) is 10.6. The van der Waals surface area contributed by atoms with Crippen molar-refractivity contribution in [1.82, 2.24) is 4.98 Å². The van der Waals surface area contributed by atoms with Gasteiger partial charge < -0.3 is 10.4 Å².